The lowest BCUT2D eigenvalue weighted by Crippen LogP contribution is -2.41. The highest BCUT2D eigenvalue weighted by Crippen LogP contribution is 2.32. The van der Waals surface area contributed by atoms with Gasteiger partial charge in [0, 0.05) is 19.1 Å². The molecular weight excluding hydrogens is 300 g/mol. The van der Waals surface area contributed by atoms with Crippen molar-refractivity contribution < 1.29 is 9.90 Å². The van der Waals surface area contributed by atoms with Crippen LogP contribution in [0.2, 0.25) is 0 Å². The highest BCUT2D eigenvalue weighted by atomic mass is 16.3. The van der Waals surface area contributed by atoms with Crippen molar-refractivity contribution in [2.75, 3.05) is 6.54 Å². The number of carbonyl (C=O) groups excluding carboxylic acids is 1. The summed E-state index contributed by atoms with van der Waals surface area (Å²) < 4.78 is 0. The average molecular weight is 322 g/mol. The van der Waals surface area contributed by atoms with E-state index in [0.717, 1.165) is 5.56 Å². The van der Waals surface area contributed by atoms with Crippen molar-refractivity contribution in [2.24, 2.45) is 4.99 Å². The van der Waals surface area contributed by atoms with Gasteiger partial charge in [-0.3, -0.25) is 9.79 Å². The third-order valence-electron chi connectivity index (χ3n) is 4.48. The summed E-state index contributed by atoms with van der Waals surface area (Å²) in [6.07, 6.45) is 10.2. The number of hydrogen-bond acceptors (Lipinski definition) is 4. The number of aliphatic imine (C=N–C) groups is 1. The van der Waals surface area contributed by atoms with E-state index in [9.17, 15) is 9.90 Å². The summed E-state index contributed by atoms with van der Waals surface area (Å²) >= 11 is 0. The number of carbonyl (C=O) groups is 1. The smallest absolute Gasteiger partial charge is 0.168 e. The van der Waals surface area contributed by atoms with Gasteiger partial charge in [0.15, 0.2) is 5.78 Å². The third-order valence-corrected chi connectivity index (χ3v) is 4.48. The first-order valence-corrected chi connectivity index (χ1v) is 8.19. The Hall–Kier alpha value is -2.62. The van der Waals surface area contributed by atoms with Crippen LogP contribution in [0.15, 0.2) is 71.1 Å². The molecule has 0 spiro atoms. The lowest BCUT2D eigenvalue weighted by Gasteiger charge is -2.26. The molecule has 0 amide bonds. The minimum atomic E-state index is -0.258. The molecule has 0 aromatic heterocycles. The molecule has 24 heavy (non-hydrogen) atoms. The van der Waals surface area contributed by atoms with E-state index in [1.54, 1.807) is 0 Å². The van der Waals surface area contributed by atoms with Crippen molar-refractivity contribution in [1.82, 2.24) is 5.32 Å². The number of benzene rings is 1. The molecule has 0 fully saturated rings. The Labute approximate surface area is 142 Å². The quantitative estimate of drug-likeness (QED) is 0.835. The Morgan fingerprint density at radius 1 is 1.29 bits per heavy atom. The molecule has 1 aromatic carbocycles. The number of Topliss-reactive ketones (excluding diaryl/α,β-unsaturated/α-hetero) is 1. The van der Waals surface area contributed by atoms with Gasteiger partial charge in [-0.15, -0.1) is 0 Å². The lowest BCUT2D eigenvalue weighted by molar-refractivity contribution is -0.116. The minimum Gasteiger partial charge on any atom is -0.511 e. The van der Waals surface area contributed by atoms with Crippen molar-refractivity contribution >= 4 is 12.0 Å². The first kappa shape index (κ1) is 16.2. The van der Waals surface area contributed by atoms with Gasteiger partial charge in [-0.05, 0) is 30.7 Å². The fourth-order valence-corrected chi connectivity index (χ4v) is 3.05. The normalized spacial score (nSPS) is 26.9. The predicted molar refractivity (Wildman–Crippen MR) is 96.3 cm³/mol. The maximum absolute atomic E-state index is 12.4. The minimum absolute atomic E-state index is 0.0430. The molecule has 4 heteroatoms. The lowest BCUT2D eigenvalue weighted by atomic mass is 9.83. The zero-order valence-electron chi connectivity index (χ0n) is 13.8. The van der Waals surface area contributed by atoms with Gasteiger partial charge in [-0.25, -0.2) is 0 Å². The molecule has 1 aliphatic carbocycles. The van der Waals surface area contributed by atoms with Gasteiger partial charge >= 0.3 is 0 Å². The molecule has 3 rings (SSSR count). The Bertz CT molecular complexity index is 731. The molecular formula is C20H22N2O2. The van der Waals surface area contributed by atoms with Crippen LogP contribution < -0.4 is 5.32 Å². The second-order valence-corrected chi connectivity index (χ2v) is 6.55. The molecule has 124 valence electrons. The van der Waals surface area contributed by atoms with Crippen LogP contribution in [-0.4, -0.2) is 29.2 Å². The van der Waals surface area contributed by atoms with E-state index in [1.165, 1.54) is 6.21 Å². The number of dihydropyridines is 1. The summed E-state index contributed by atoms with van der Waals surface area (Å²) in [6, 6.07) is 9.86. The summed E-state index contributed by atoms with van der Waals surface area (Å²) in [7, 11) is 0. The Morgan fingerprint density at radius 2 is 2.08 bits per heavy atom. The van der Waals surface area contributed by atoms with E-state index in [4.69, 9.17) is 0 Å². The largest absolute Gasteiger partial charge is 0.511 e. The summed E-state index contributed by atoms with van der Waals surface area (Å²) in [6.45, 7) is 2.53. The number of ketones is 1. The number of aliphatic hydroxyl groups excluding tert-OH is 1. The van der Waals surface area contributed by atoms with Crippen LogP contribution in [0.4, 0.5) is 0 Å². The van der Waals surface area contributed by atoms with Gasteiger partial charge in [-0.1, -0.05) is 42.5 Å². The molecule has 2 N–H and O–H groups in total. The van der Waals surface area contributed by atoms with Crippen LogP contribution in [0.5, 0.6) is 0 Å². The van der Waals surface area contributed by atoms with Crippen molar-refractivity contribution in [1.29, 1.82) is 0 Å². The number of rotatable bonds is 4. The van der Waals surface area contributed by atoms with E-state index in [0.29, 0.717) is 25.0 Å². The van der Waals surface area contributed by atoms with Gasteiger partial charge in [0.25, 0.3) is 0 Å². The molecule has 1 heterocycles. The molecule has 2 aliphatic rings. The van der Waals surface area contributed by atoms with Crippen molar-refractivity contribution in [3.63, 3.8) is 0 Å². The van der Waals surface area contributed by atoms with Gasteiger partial charge in [-0.2, -0.15) is 0 Å². The van der Waals surface area contributed by atoms with E-state index in [2.05, 4.69) is 10.3 Å². The van der Waals surface area contributed by atoms with Gasteiger partial charge < -0.3 is 10.4 Å². The highest BCUT2D eigenvalue weighted by Gasteiger charge is 2.28. The second-order valence-electron chi connectivity index (χ2n) is 6.55. The van der Waals surface area contributed by atoms with Gasteiger partial charge in [0.2, 0.25) is 0 Å². The number of hydrogen-bond donors (Lipinski definition) is 2. The number of nitrogens with one attached hydrogen (secondary N) is 1. The first-order chi connectivity index (χ1) is 11.6. The van der Waals surface area contributed by atoms with E-state index < -0.39 is 0 Å². The molecule has 2 unspecified atom stereocenters. The highest BCUT2D eigenvalue weighted by molar-refractivity contribution is 6.14. The molecule has 0 bridgehead atoms. The fraction of sp³-hybridized carbons (Fsp3) is 0.300. The SMILES string of the molecule is CC1(CN=CC2=C(O)CC(c3ccccc3)CC2=O)C=CC=CN1. The molecule has 0 saturated heterocycles. The van der Waals surface area contributed by atoms with Crippen LogP contribution in [-0.2, 0) is 4.79 Å². The molecule has 4 nitrogen and oxygen atoms in total. The molecule has 1 aliphatic heterocycles. The van der Waals surface area contributed by atoms with Crippen LogP contribution >= 0.6 is 0 Å². The summed E-state index contributed by atoms with van der Waals surface area (Å²) in [4.78, 5) is 16.8. The first-order valence-electron chi connectivity index (χ1n) is 8.19. The third kappa shape index (κ3) is 3.65. The number of aliphatic hydroxyl groups is 1. The molecule has 1 aromatic rings. The van der Waals surface area contributed by atoms with Crippen LogP contribution in [0, 0.1) is 0 Å². The summed E-state index contributed by atoms with van der Waals surface area (Å²) in [5.74, 6) is 0.135. The van der Waals surface area contributed by atoms with Crippen LogP contribution in [0.3, 0.4) is 0 Å². The topological polar surface area (TPSA) is 61.7 Å². The van der Waals surface area contributed by atoms with Crippen molar-refractivity contribution in [2.45, 2.75) is 31.2 Å². The van der Waals surface area contributed by atoms with E-state index in [-0.39, 0.29) is 23.0 Å². The standard InChI is InChI=1S/C20H22N2O2/c1-20(9-5-6-10-22-20)14-21-13-17-18(23)11-16(12-19(17)24)15-7-3-2-4-8-15/h2-10,13,16,22-23H,11-12,14H2,1H3. The van der Waals surface area contributed by atoms with Crippen LogP contribution in [0.25, 0.3) is 0 Å². The Balaban J connectivity index is 1.69. The summed E-state index contributed by atoms with van der Waals surface area (Å²) in [5, 5.41) is 13.5. The average Bonchev–Trinajstić information content (AvgIpc) is 2.58. The molecule has 0 saturated carbocycles. The Kier molecular flexibility index (Phi) is 4.65. The summed E-state index contributed by atoms with van der Waals surface area (Å²) in [5.41, 5.74) is 1.18. The van der Waals surface area contributed by atoms with E-state index >= 15 is 0 Å². The second kappa shape index (κ2) is 6.87. The van der Waals surface area contributed by atoms with E-state index in [1.807, 2.05) is 61.7 Å². The van der Waals surface area contributed by atoms with Gasteiger partial charge in [0.1, 0.15) is 5.76 Å². The van der Waals surface area contributed by atoms with Crippen molar-refractivity contribution in [3.8, 4) is 0 Å². The van der Waals surface area contributed by atoms with Gasteiger partial charge in [0.05, 0.1) is 17.7 Å². The number of allylic oxidation sites excluding steroid dienone is 4. The maximum Gasteiger partial charge on any atom is 0.168 e. The Morgan fingerprint density at radius 3 is 2.75 bits per heavy atom. The fourth-order valence-electron chi connectivity index (χ4n) is 3.05. The molecule has 0 radical (unpaired) electrons. The maximum atomic E-state index is 12.4. The van der Waals surface area contributed by atoms with Crippen LogP contribution in [0.1, 0.15) is 31.2 Å². The zero-order chi connectivity index (χ0) is 17.0. The molecule has 2 atom stereocenters. The van der Waals surface area contributed by atoms with Crippen molar-refractivity contribution in [3.05, 3.63) is 71.7 Å². The zero-order valence-corrected chi connectivity index (χ0v) is 13.8. The number of nitrogens with zero attached hydrogens (tertiary/aromatic N) is 1. The predicted octanol–water partition coefficient (Wildman–Crippen LogP) is 3.45. The monoisotopic (exact) mass is 322 g/mol.